The second kappa shape index (κ2) is 8.86. The second-order valence-electron chi connectivity index (χ2n) is 7.94. The van der Waals surface area contributed by atoms with E-state index >= 15 is 0 Å². The van der Waals surface area contributed by atoms with Gasteiger partial charge in [-0.2, -0.15) is 0 Å². The molecule has 0 aromatic heterocycles. The molecule has 2 atom stereocenters. The first-order valence-corrected chi connectivity index (χ1v) is 11.8. The van der Waals surface area contributed by atoms with Gasteiger partial charge < -0.3 is 10.2 Å². The molecule has 0 aliphatic carbocycles. The van der Waals surface area contributed by atoms with Crippen LogP contribution in [0.2, 0.25) is 0 Å². The quantitative estimate of drug-likeness (QED) is 0.752. The van der Waals surface area contributed by atoms with E-state index in [1.165, 1.54) is 24.6 Å². The maximum absolute atomic E-state index is 12.6. The first kappa shape index (κ1) is 21.2. The number of benzene rings is 2. The van der Waals surface area contributed by atoms with Gasteiger partial charge in [0.2, 0.25) is 10.0 Å². The van der Waals surface area contributed by atoms with E-state index in [9.17, 15) is 13.2 Å². The molecule has 3 rings (SSSR count). The van der Waals surface area contributed by atoms with Crippen molar-refractivity contribution in [3.8, 4) is 0 Å². The van der Waals surface area contributed by atoms with Crippen LogP contribution in [0.5, 0.6) is 0 Å². The van der Waals surface area contributed by atoms with Gasteiger partial charge in [0.15, 0.2) is 0 Å². The summed E-state index contributed by atoms with van der Waals surface area (Å²) in [6, 6.07) is 14.6. The van der Waals surface area contributed by atoms with Crippen molar-refractivity contribution in [2.24, 2.45) is 5.92 Å². The molecule has 1 heterocycles. The van der Waals surface area contributed by atoms with Gasteiger partial charge in [0.05, 0.1) is 12.3 Å². The number of hydrogen-bond donors (Lipinski definition) is 2. The van der Waals surface area contributed by atoms with E-state index in [4.69, 9.17) is 0 Å². The first-order valence-electron chi connectivity index (χ1n) is 9.95. The van der Waals surface area contributed by atoms with Crippen LogP contribution >= 0.6 is 0 Å². The average molecular weight is 416 g/mol. The molecule has 0 bridgehead atoms. The Hall–Kier alpha value is -2.54. The topological polar surface area (TPSA) is 78.5 Å². The minimum atomic E-state index is -3.39. The Bertz CT molecular complexity index is 958. The van der Waals surface area contributed by atoms with Crippen molar-refractivity contribution in [2.75, 3.05) is 29.0 Å². The van der Waals surface area contributed by atoms with Gasteiger partial charge in [-0.15, -0.1) is 0 Å². The number of hydrogen-bond acceptors (Lipinski definition) is 4. The summed E-state index contributed by atoms with van der Waals surface area (Å²) in [6.07, 6.45) is 3.59. The molecule has 2 N–H and O–H groups in total. The molecule has 1 amide bonds. The fourth-order valence-corrected chi connectivity index (χ4v) is 4.25. The molecule has 1 saturated heterocycles. The highest BCUT2D eigenvalue weighted by molar-refractivity contribution is 7.92. The van der Waals surface area contributed by atoms with Crippen molar-refractivity contribution in [1.82, 2.24) is 5.32 Å². The number of carbonyl (C=O) groups excluding carboxylic acids is 1. The molecule has 0 radical (unpaired) electrons. The molecule has 0 saturated carbocycles. The number of amides is 1. The monoisotopic (exact) mass is 415 g/mol. The van der Waals surface area contributed by atoms with Gasteiger partial charge in [-0.25, -0.2) is 8.42 Å². The average Bonchev–Trinajstić information content (AvgIpc) is 2.67. The lowest BCUT2D eigenvalue weighted by molar-refractivity contribution is 0.0940. The summed E-state index contributed by atoms with van der Waals surface area (Å²) in [7, 11) is -3.39. The van der Waals surface area contributed by atoms with Crippen LogP contribution < -0.4 is 14.9 Å². The highest BCUT2D eigenvalue weighted by atomic mass is 32.2. The van der Waals surface area contributed by atoms with Crippen molar-refractivity contribution in [2.45, 2.75) is 32.7 Å². The number of rotatable bonds is 6. The van der Waals surface area contributed by atoms with Gasteiger partial charge in [0.1, 0.15) is 0 Å². The lowest BCUT2D eigenvalue weighted by Gasteiger charge is -2.33. The Balaban J connectivity index is 1.64. The fraction of sp³-hybridized carbons (Fsp3) is 0.409. The highest BCUT2D eigenvalue weighted by Crippen LogP contribution is 2.25. The molecule has 156 valence electrons. The molecule has 7 heteroatoms. The summed E-state index contributed by atoms with van der Waals surface area (Å²) in [5.74, 6) is 0.471. The van der Waals surface area contributed by atoms with Crippen LogP contribution in [-0.4, -0.2) is 33.7 Å². The van der Waals surface area contributed by atoms with Crippen LogP contribution in [0.3, 0.4) is 0 Å². The summed E-state index contributed by atoms with van der Waals surface area (Å²) in [5, 5.41) is 2.98. The van der Waals surface area contributed by atoms with Crippen molar-refractivity contribution in [3.63, 3.8) is 0 Å². The zero-order valence-electron chi connectivity index (χ0n) is 17.2. The zero-order chi connectivity index (χ0) is 21.0. The van der Waals surface area contributed by atoms with Crippen LogP contribution in [0.1, 0.15) is 48.7 Å². The van der Waals surface area contributed by atoms with Crippen LogP contribution in [0.25, 0.3) is 0 Å². The Kier molecular flexibility index (Phi) is 6.47. The van der Waals surface area contributed by atoms with Crippen molar-refractivity contribution in [3.05, 3.63) is 59.7 Å². The molecule has 0 spiro atoms. The molecule has 1 aliphatic heterocycles. The van der Waals surface area contributed by atoms with E-state index in [1.807, 2.05) is 6.92 Å². The van der Waals surface area contributed by atoms with Gasteiger partial charge in [0.25, 0.3) is 5.91 Å². The lowest BCUT2D eigenvalue weighted by atomic mass is 9.99. The number of nitrogens with one attached hydrogen (secondary N) is 2. The summed E-state index contributed by atoms with van der Waals surface area (Å²) in [4.78, 5) is 15.0. The molecule has 6 nitrogen and oxygen atoms in total. The molecule has 2 aromatic rings. The molecular weight excluding hydrogens is 386 g/mol. The minimum absolute atomic E-state index is 0.164. The van der Waals surface area contributed by atoms with Gasteiger partial charge in [-0.1, -0.05) is 25.1 Å². The van der Waals surface area contributed by atoms with E-state index in [-0.39, 0.29) is 11.9 Å². The zero-order valence-corrected chi connectivity index (χ0v) is 18.0. The van der Waals surface area contributed by atoms with Crippen molar-refractivity contribution in [1.29, 1.82) is 0 Å². The van der Waals surface area contributed by atoms with Crippen LogP contribution in [0, 0.1) is 5.92 Å². The van der Waals surface area contributed by atoms with Crippen LogP contribution in [-0.2, 0) is 10.0 Å². The Morgan fingerprint density at radius 2 is 1.90 bits per heavy atom. The number of anilines is 2. The summed E-state index contributed by atoms with van der Waals surface area (Å²) < 4.78 is 25.2. The second-order valence-corrected chi connectivity index (χ2v) is 9.68. The van der Waals surface area contributed by atoms with E-state index in [0.717, 1.165) is 30.8 Å². The molecule has 2 aromatic carbocycles. The number of carbonyl (C=O) groups is 1. The highest BCUT2D eigenvalue weighted by Gasteiger charge is 2.17. The van der Waals surface area contributed by atoms with Gasteiger partial charge in [-0.3, -0.25) is 9.52 Å². The molecule has 0 unspecified atom stereocenters. The number of nitrogens with zero attached hydrogens (tertiary/aromatic N) is 1. The van der Waals surface area contributed by atoms with E-state index < -0.39 is 10.0 Å². The molecule has 1 fully saturated rings. The fourth-order valence-electron chi connectivity index (χ4n) is 3.70. The van der Waals surface area contributed by atoms with E-state index in [2.05, 4.69) is 46.1 Å². The minimum Gasteiger partial charge on any atom is -0.371 e. The van der Waals surface area contributed by atoms with Crippen LogP contribution in [0.4, 0.5) is 11.4 Å². The first-order chi connectivity index (χ1) is 13.7. The third kappa shape index (κ3) is 5.97. The maximum atomic E-state index is 12.6. The maximum Gasteiger partial charge on any atom is 0.251 e. The van der Waals surface area contributed by atoms with E-state index in [0.29, 0.717) is 11.3 Å². The van der Waals surface area contributed by atoms with Crippen molar-refractivity contribution >= 4 is 27.3 Å². The van der Waals surface area contributed by atoms with Gasteiger partial charge in [0, 0.05) is 30.0 Å². The van der Waals surface area contributed by atoms with Crippen LogP contribution in [0.15, 0.2) is 48.5 Å². The predicted molar refractivity (Wildman–Crippen MR) is 118 cm³/mol. The largest absolute Gasteiger partial charge is 0.371 e. The predicted octanol–water partition coefficient (Wildman–Crippen LogP) is 3.79. The number of piperidine rings is 1. The molecular formula is C22H29N3O3S. The Labute approximate surface area is 173 Å². The SMILES string of the molecule is C[C@H]1CCCN(c2ccc([C@H](C)NC(=O)c3cccc(NS(C)(=O)=O)c3)cc2)C1. The normalized spacial score (nSPS) is 18.2. The number of sulfonamides is 1. The van der Waals surface area contributed by atoms with Gasteiger partial charge in [-0.05, 0) is 61.6 Å². The molecule has 29 heavy (non-hydrogen) atoms. The Morgan fingerprint density at radius 3 is 2.55 bits per heavy atom. The van der Waals surface area contributed by atoms with Crippen molar-refractivity contribution < 1.29 is 13.2 Å². The van der Waals surface area contributed by atoms with Gasteiger partial charge >= 0.3 is 0 Å². The summed E-state index contributed by atoms with van der Waals surface area (Å²) in [6.45, 7) is 6.41. The summed E-state index contributed by atoms with van der Waals surface area (Å²) in [5.41, 5.74) is 3.02. The molecule has 1 aliphatic rings. The third-order valence-corrected chi connectivity index (χ3v) is 5.80. The standard InChI is InChI=1S/C22H29N3O3S/c1-16-6-5-13-25(15-16)21-11-9-18(10-12-21)17(2)23-22(26)19-7-4-8-20(14-19)24-29(3,27)28/h4,7-12,14,16-17,24H,5-6,13,15H2,1-3H3,(H,23,26)/t16-,17-/m0/s1. The summed E-state index contributed by atoms with van der Waals surface area (Å²) >= 11 is 0. The van der Waals surface area contributed by atoms with E-state index in [1.54, 1.807) is 18.2 Å². The lowest BCUT2D eigenvalue weighted by Crippen LogP contribution is -2.34. The smallest absolute Gasteiger partial charge is 0.251 e. The Morgan fingerprint density at radius 1 is 1.17 bits per heavy atom. The third-order valence-electron chi connectivity index (χ3n) is 5.19.